The minimum atomic E-state index is -1.28. The summed E-state index contributed by atoms with van der Waals surface area (Å²) in [7, 11) is -1.28. The fraction of sp³-hybridized carbons (Fsp3) is 0.385. The quantitative estimate of drug-likeness (QED) is 0.754. The van der Waals surface area contributed by atoms with Gasteiger partial charge in [-0.25, -0.2) is 4.21 Å². The van der Waals surface area contributed by atoms with Crippen LogP contribution in [0, 0.1) is 0 Å². The fourth-order valence-corrected chi connectivity index (χ4v) is 2.70. The maximum atomic E-state index is 11.6. The lowest BCUT2D eigenvalue weighted by molar-refractivity contribution is -0.140. The van der Waals surface area contributed by atoms with Gasteiger partial charge in [-0.15, -0.1) is 0 Å². The van der Waals surface area contributed by atoms with Crippen molar-refractivity contribution in [1.29, 1.82) is 0 Å². The van der Waals surface area contributed by atoms with Gasteiger partial charge in [-0.05, 0) is 12.1 Å². The van der Waals surface area contributed by atoms with Gasteiger partial charge in [-0.2, -0.15) is 0 Å². The summed E-state index contributed by atoms with van der Waals surface area (Å²) < 4.78 is 17.9. The highest BCUT2D eigenvalue weighted by atomic mass is 32.2. The van der Waals surface area contributed by atoms with Gasteiger partial charge in [-0.1, -0.05) is 25.1 Å². The Labute approximate surface area is 119 Å². The third kappa shape index (κ3) is 3.36. The van der Waals surface area contributed by atoms with E-state index in [1.165, 1.54) is 4.31 Å². The molecular formula is C13H16N2O4S. The number of carbonyl (C=O) groups excluding carboxylic acids is 2. The fourth-order valence-electron chi connectivity index (χ4n) is 1.74. The van der Waals surface area contributed by atoms with Crippen LogP contribution >= 0.6 is 0 Å². The van der Waals surface area contributed by atoms with E-state index in [0.29, 0.717) is 11.5 Å². The van der Waals surface area contributed by atoms with E-state index in [4.69, 9.17) is 4.74 Å². The van der Waals surface area contributed by atoms with Crippen LogP contribution in [0.3, 0.4) is 0 Å². The molecule has 0 bridgehead atoms. The summed E-state index contributed by atoms with van der Waals surface area (Å²) >= 11 is 0. The van der Waals surface area contributed by atoms with Crippen LogP contribution in [0.5, 0.6) is 5.75 Å². The Morgan fingerprint density at radius 2 is 2.15 bits per heavy atom. The maximum Gasteiger partial charge on any atom is 0.258 e. The second kappa shape index (κ2) is 6.51. The number of ether oxygens (including phenoxy) is 1. The molecule has 6 nitrogen and oxygen atoms in total. The van der Waals surface area contributed by atoms with Crippen molar-refractivity contribution in [2.75, 3.05) is 18.9 Å². The first-order valence-electron chi connectivity index (χ1n) is 6.29. The number of benzene rings is 1. The first kappa shape index (κ1) is 14.5. The lowest BCUT2D eigenvalue weighted by atomic mass is 10.1. The highest BCUT2D eigenvalue weighted by molar-refractivity contribution is 7.83. The third-order valence-electron chi connectivity index (χ3n) is 2.83. The Morgan fingerprint density at radius 3 is 2.75 bits per heavy atom. The van der Waals surface area contributed by atoms with Crippen molar-refractivity contribution < 1.29 is 18.5 Å². The number of hydrogen-bond donors (Lipinski definition) is 1. The molecule has 2 unspecified atom stereocenters. The number of carbonyl (C=O) groups is 2. The van der Waals surface area contributed by atoms with Gasteiger partial charge in [0, 0.05) is 5.75 Å². The van der Waals surface area contributed by atoms with E-state index in [2.05, 4.69) is 5.32 Å². The Balaban J connectivity index is 1.74. The average Bonchev–Trinajstić information content (AvgIpc) is 2.49. The number of nitrogens with one attached hydrogen (secondary N) is 1. The topological polar surface area (TPSA) is 75.7 Å². The molecule has 1 saturated heterocycles. The smallest absolute Gasteiger partial charge is 0.258 e. The summed E-state index contributed by atoms with van der Waals surface area (Å²) in [5.74, 6) is 0.312. The summed E-state index contributed by atoms with van der Waals surface area (Å²) in [5, 5.41) is 2.56. The zero-order chi connectivity index (χ0) is 14.5. The normalized spacial score (nSPS) is 19.1. The molecule has 1 aliphatic rings. The summed E-state index contributed by atoms with van der Waals surface area (Å²) in [6.45, 7) is 1.88. The average molecular weight is 296 g/mol. The van der Waals surface area contributed by atoms with Gasteiger partial charge in [0.15, 0.2) is 6.61 Å². The highest BCUT2D eigenvalue weighted by Crippen LogP contribution is 2.13. The third-order valence-corrected chi connectivity index (χ3v) is 4.15. The number of hydrogen-bond acceptors (Lipinski definition) is 4. The number of para-hydroxylation sites is 1. The zero-order valence-corrected chi connectivity index (χ0v) is 11.9. The van der Waals surface area contributed by atoms with E-state index in [9.17, 15) is 13.8 Å². The Kier molecular flexibility index (Phi) is 4.73. The van der Waals surface area contributed by atoms with Crippen LogP contribution < -0.4 is 10.1 Å². The first-order chi connectivity index (χ1) is 9.61. The van der Waals surface area contributed by atoms with Crippen LogP contribution in [0.15, 0.2) is 30.3 Å². The number of β-lactam (4-membered cyclic amide) rings is 1. The molecule has 0 saturated carbocycles. The van der Waals surface area contributed by atoms with Gasteiger partial charge in [0.05, 0.1) is 6.54 Å². The SMILES string of the molecule is CCS(=O)N1CC(NC(=O)COc2ccccc2)C1=O. The minimum Gasteiger partial charge on any atom is -0.484 e. The number of amides is 2. The van der Waals surface area contributed by atoms with Gasteiger partial charge in [0.25, 0.3) is 11.8 Å². The van der Waals surface area contributed by atoms with E-state index >= 15 is 0 Å². The second-order valence-electron chi connectivity index (χ2n) is 4.23. The monoisotopic (exact) mass is 296 g/mol. The predicted molar refractivity (Wildman–Crippen MR) is 74.3 cm³/mol. The van der Waals surface area contributed by atoms with Crippen LogP contribution in [-0.4, -0.2) is 45.3 Å². The molecule has 2 rings (SSSR count). The van der Waals surface area contributed by atoms with Gasteiger partial charge in [-0.3, -0.25) is 13.9 Å². The molecule has 1 heterocycles. The van der Waals surface area contributed by atoms with E-state index in [1.54, 1.807) is 31.2 Å². The zero-order valence-electron chi connectivity index (χ0n) is 11.1. The van der Waals surface area contributed by atoms with E-state index in [1.807, 2.05) is 6.07 Å². The molecule has 0 aliphatic carbocycles. The Morgan fingerprint density at radius 1 is 1.45 bits per heavy atom. The molecule has 1 aromatic rings. The first-order valence-corrected chi connectivity index (χ1v) is 7.56. The molecule has 0 spiro atoms. The molecule has 1 N–H and O–H groups in total. The largest absolute Gasteiger partial charge is 0.484 e. The molecular weight excluding hydrogens is 280 g/mol. The van der Waals surface area contributed by atoms with Crippen molar-refractivity contribution in [2.24, 2.45) is 0 Å². The minimum absolute atomic E-state index is 0.148. The predicted octanol–water partition coefficient (Wildman–Crippen LogP) is 0.0760. The van der Waals surface area contributed by atoms with Crippen molar-refractivity contribution in [2.45, 2.75) is 13.0 Å². The molecule has 2 atom stereocenters. The highest BCUT2D eigenvalue weighted by Gasteiger charge is 2.40. The summed E-state index contributed by atoms with van der Waals surface area (Å²) in [4.78, 5) is 23.3. The molecule has 0 radical (unpaired) electrons. The van der Waals surface area contributed by atoms with E-state index in [0.717, 1.165) is 0 Å². The van der Waals surface area contributed by atoms with Crippen molar-refractivity contribution in [3.63, 3.8) is 0 Å². The van der Waals surface area contributed by atoms with Gasteiger partial charge in [0.1, 0.15) is 22.8 Å². The van der Waals surface area contributed by atoms with Crippen LogP contribution in [-0.2, 0) is 20.6 Å². The second-order valence-corrected chi connectivity index (χ2v) is 5.89. The summed E-state index contributed by atoms with van der Waals surface area (Å²) in [6.07, 6.45) is 0. The van der Waals surface area contributed by atoms with Crippen LogP contribution in [0.1, 0.15) is 6.92 Å². The molecule has 108 valence electrons. The van der Waals surface area contributed by atoms with Gasteiger partial charge in [0.2, 0.25) is 0 Å². The molecule has 7 heteroatoms. The van der Waals surface area contributed by atoms with Gasteiger partial charge >= 0.3 is 0 Å². The standard InChI is InChI=1S/C13H16N2O4S/c1-2-20(18)15-8-11(13(15)17)14-12(16)9-19-10-6-4-3-5-7-10/h3-7,11H,2,8-9H2,1H3,(H,14,16). The molecule has 0 aromatic heterocycles. The van der Waals surface area contributed by atoms with Crippen LogP contribution in [0.2, 0.25) is 0 Å². The Hall–Kier alpha value is -1.89. The van der Waals surface area contributed by atoms with E-state index < -0.39 is 17.0 Å². The Bertz CT molecular complexity index is 520. The molecule has 2 amide bonds. The van der Waals surface area contributed by atoms with Crippen molar-refractivity contribution in [3.8, 4) is 5.75 Å². The maximum absolute atomic E-state index is 11.6. The van der Waals surface area contributed by atoms with Gasteiger partial charge < -0.3 is 10.1 Å². The van der Waals surface area contributed by atoms with E-state index in [-0.39, 0.29) is 25.0 Å². The van der Waals surface area contributed by atoms with Crippen molar-refractivity contribution in [1.82, 2.24) is 9.62 Å². The molecule has 1 fully saturated rings. The van der Waals surface area contributed by atoms with Crippen molar-refractivity contribution >= 4 is 22.8 Å². The number of rotatable bonds is 6. The lowest BCUT2D eigenvalue weighted by Crippen LogP contribution is -2.64. The molecule has 1 aliphatic heterocycles. The van der Waals surface area contributed by atoms with Crippen LogP contribution in [0.25, 0.3) is 0 Å². The lowest BCUT2D eigenvalue weighted by Gasteiger charge is -2.36. The number of nitrogens with zero attached hydrogens (tertiary/aromatic N) is 1. The summed E-state index contributed by atoms with van der Waals surface area (Å²) in [6, 6.07) is 8.36. The van der Waals surface area contributed by atoms with Crippen LogP contribution in [0.4, 0.5) is 0 Å². The molecule has 20 heavy (non-hydrogen) atoms. The van der Waals surface area contributed by atoms with Crippen molar-refractivity contribution in [3.05, 3.63) is 30.3 Å². The molecule has 1 aromatic carbocycles. The summed E-state index contributed by atoms with van der Waals surface area (Å²) in [5.41, 5.74) is 0.